The van der Waals surface area contributed by atoms with Crippen molar-refractivity contribution >= 4 is 52.3 Å². The van der Waals surface area contributed by atoms with Gasteiger partial charge in [-0.2, -0.15) is 0 Å². The number of nitrogens with zero attached hydrogens (tertiary/aromatic N) is 4. The number of aldehydes is 1. The smallest absolute Gasteiger partial charge is 0.253 e. The number of thiazole rings is 1. The fraction of sp³-hybridized carbons (Fsp3) is 0.423. The van der Waals surface area contributed by atoms with Crippen molar-refractivity contribution in [1.29, 1.82) is 0 Å². The van der Waals surface area contributed by atoms with Gasteiger partial charge in [-0.3, -0.25) is 14.7 Å². The fourth-order valence-corrected chi connectivity index (χ4v) is 6.19. The van der Waals surface area contributed by atoms with Gasteiger partial charge < -0.3 is 15.8 Å². The van der Waals surface area contributed by atoms with Crippen LogP contribution in [0.3, 0.4) is 0 Å². The molecule has 0 bridgehead atoms. The van der Waals surface area contributed by atoms with Crippen LogP contribution in [0.4, 0.5) is 5.13 Å². The van der Waals surface area contributed by atoms with Gasteiger partial charge in [0, 0.05) is 28.5 Å². The van der Waals surface area contributed by atoms with Gasteiger partial charge in [0.25, 0.3) is 5.91 Å². The molecular formula is C26H33N6O2S2+. The van der Waals surface area contributed by atoms with Crippen LogP contribution in [-0.4, -0.2) is 68.8 Å². The van der Waals surface area contributed by atoms with Crippen LogP contribution in [0.1, 0.15) is 39.3 Å². The highest BCUT2D eigenvalue weighted by atomic mass is 32.2. The summed E-state index contributed by atoms with van der Waals surface area (Å²) in [6.45, 7) is 15.0. The molecule has 190 valence electrons. The van der Waals surface area contributed by atoms with Crippen LogP contribution in [0, 0.1) is 5.41 Å². The number of hydrogen-bond donors (Lipinski definition) is 2. The molecule has 1 saturated heterocycles. The largest absolute Gasteiger partial charge is 0.375 e. The molecule has 1 amide bonds. The molecule has 1 fully saturated rings. The van der Waals surface area contributed by atoms with E-state index < -0.39 is 11.5 Å². The molecule has 0 spiro atoms. The topological polar surface area (TPSA) is 104 Å². The van der Waals surface area contributed by atoms with Crippen LogP contribution in [-0.2, 0) is 9.59 Å². The van der Waals surface area contributed by atoms with Crippen molar-refractivity contribution in [3.8, 4) is 0 Å². The Bertz CT molecular complexity index is 1220. The van der Waals surface area contributed by atoms with Crippen molar-refractivity contribution in [1.82, 2.24) is 15.2 Å². The number of nitrogens with one attached hydrogen (secondary N) is 1. The number of amides is 1. The highest BCUT2D eigenvalue weighted by Gasteiger charge is 2.52. The normalized spacial score (nSPS) is 22.1. The Morgan fingerprint density at radius 2 is 2.19 bits per heavy atom. The number of thioether (sulfide) groups is 1. The summed E-state index contributed by atoms with van der Waals surface area (Å²) in [7, 11) is 0. The number of hydrogen-bond acceptors (Lipinski definition) is 8. The zero-order valence-electron chi connectivity index (χ0n) is 21.0. The van der Waals surface area contributed by atoms with Crippen molar-refractivity contribution < 1.29 is 14.2 Å². The average Bonchev–Trinajstić information content (AvgIpc) is 3.28. The molecule has 0 aliphatic carbocycles. The zero-order chi connectivity index (χ0) is 26.0. The van der Waals surface area contributed by atoms with Crippen molar-refractivity contribution in [3.05, 3.63) is 59.0 Å². The number of carbonyl (C=O) groups excluding carboxylic acids is 2. The fourth-order valence-electron chi connectivity index (χ4n) is 4.31. The van der Waals surface area contributed by atoms with Crippen LogP contribution in [0.2, 0.25) is 0 Å². The standard InChI is InChI=1S/C26H33N6O2S2/c1-16(2)22-18(11-31-9-7-6-8-10-31)12-35-24-21(23(34)32(22)24)29-17(3)20(19-13-36-25(27)30-19)28-14-26(4,5)15-33/h7,9-10,13,15,21,24,29H,1,3,6,8,11-12,14H2,2,4-5H3,(H2,27,30)/q+1/t21-,24-/m1/s1. The van der Waals surface area contributed by atoms with Gasteiger partial charge in [0.1, 0.15) is 35.3 Å². The van der Waals surface area contributed by atoms with Gasteiger partial charge in [0.05, 0.1) is 17.9 Å². The minimum atomic E-state index is -0.631. The summed E-state index contributed by atoms with van der Waals surface area (Å²) in [5, 5.41) is 5.45. The Morgan fingerprint density at radius 1 is 1.42 bits per heavy atom. The lowest BCUT2D eigenvalue weighted by Crippen LogP contribution is -2.69. The molecule has 4 heterocycles. The lowest BCUT2D eigenvalue weighted by atomic mass is 9.96. The monoisotopic (exact) mass is 525 g/mol. The van der Waals surface area contributed by atoms with E-state index in [2.05, 4.69) is 51.5 Å². The molecule has 3 aliphatic rings. The highest BCUT2D eigenvalue weighted by Crippen LogP contribution is 2.42. The van der Waals surface area contributed by atoms with E-state index in [0.29, 0.717) is 22.2 Å². The minimum absolute atomic E-state index is 0.0209. The Labute approximate surface area is 220 Å². The quantitative estimate of drug-likeness (QED) is 0.210. The average molecular weight is 526 g/mol. The van der Waals surface area contributed by atoms with Gasteiger partial charge in [-0.1, -0.05) is 27.0 Å². The van der Waals surface area contributed by atoms with Crippen molar-refractivity contribution in [2.24, 2.45) is 10.4 Å². The molecule has 0 saturated carbocycles. The molecule has 36 heavy (non-hydrogen) atoms. The molecule has 2 atom stereocenters. The summed E-state index contributed by atoms with van der Waals surface area (Å²) < 4.78 is 2.19. The van der Waals surface area contributed by atoms with E-state index in [-0.39, 0.29) is 17.8 Å². The van der Waals surface area contributed by atoms with Crippen LogP contribution in [0.5, 0.6) is 0 Å². The molecule has 10 heteroatoms. The number of fused-ring (bicyclic) bond motifs is 1. The van der Waals surface area contributed by atoms with Gasteiger partial charge in [0.15, 0.2) is 17.9 Å². The Kier molecular flexibility index (Phi) is 7.65. The third-order valence-electron chi connectivity index (χ3n) is 6.16. The molecule has 1 aromatic rings. The third-order valence-corrected chi connectivity index (χ3v) is 8.18. The maximum atomic E-state index is 13.4. The Balaban J connectivity index is 1.54. The van der Waals surface area contributed by atoms with E-state index in [9.17, 15) is 9.59 Å². The number of nitrogen functional groups attached to an aromatic ring is 1. The molecule has 1 aromatic heterocycles. The van der Waals surface area contributed by atoms with E-state index >= 15 is 0 Å². The van der Waals surface area contributed by atoms with E-state index in [0.717, 1.165) is 42.7 Å². The molecular weight excluding hydrogens is 492 g/mol. The maximum Gasteiger partial charge on any atom is 0.253 e. The van der Waals surface area contributed by atoms with Crippen LogP contribution < -0.4 is 11.1 Å². The van der Waals surface area contributed by atoms with Crippen molar-refractivity contribution in [2.75, 3.05) is 24.6 Å². The lowest BCUT2D eigenvalue weighted by Gasteiger charge is -2.51. The van der Waals surface area contributed by atoms with Crippen LogP contribution >= 0.6 is 23.1 Å². The summed E-state index contributed by atoms with van der Waals surface area (Å²) in [5.41, 5.74) is 9.82. The number of anilines is 1. The zero-order valence-corrected chi connectivity index (χ0v) is 22.6. The number of rotatable bonds is 10. The number of β-lactam (4-membered cyclic amide) rings is 1. The van der Waals surface area contributed by atoms with Crippen LogP contribution in [0.25, 0.3) is 0 Å². The molecule has 3 aliphatic heterocycles. The molecule has 0 radical (unpaired) electrons. The second-order valence-corrected chi connectivity index (χ2v) is 11.9. The third kappa shape index (κ3) is 5.39. The number of nitrogens with two attached hydrogens (primary N) is 1. The first-order valence-electron chi connectivity index (χ1n) is 11.9. The second kappa shape index (κ2) is 10.6. The second-order valence-electron chi connectivity index (χ2n) is 9.90. The van der Waals surface area contributed by atoms with Gasteiger partial charge in [0.2, 0.25) is 0 Å². The molecule has 4 rings (SSSR count). The Hall–Kier alpha value is -2.98. The van der Waals surface area contributed by atoms with E-state index in [1.807, 2.05) is 25.7 Å². The number of carbonyl (C=O) groups is 2. The summed E-state index contributed by atoms with van der Waals surface area (Å²) in [4.78, 5) is 35.7. The minimum Gasteiger partial charge on any atom is -0.375 e. The van der Waals surface area contributed by atoms with Crippen molar-refractivity contribution in [3.63, 3.8) is 0 Å². The van der Waals surface area contributed by atoms with Gasteiger partial charge >= 0.3 is 0 Å². The Morgan fingerprint density at radius 3 is 2.81 bits per heavy atom. The molecule has 0 unspecified atom stereocenters. The van der Waals surface area contributed by atoms with E-state index in [4.69, 9.17) is 5.73 Å². The highest BCUT2D eigenvalue weighted by molar-refractivity contribution is 8.00. The maximum absolute atomic E-state index is 13.4. The first kappa shape index (κ1) is 26.1. The van der Waals surface area contributed by atoms with Gasteiger partial charge in [-0.05, 0) is 25.0 Å². The summed E-state index contributed by atoms with van der Waals surface area (Å²) in [6.07, 6.45) is 9.44. The number of aliphatic imine (C=N–C) groups is 1. The number of aromatic nitrogens is 1. The number of allylic oxidation sites excluding steroid dienone is 3. The molecule has 3 N–H and O–H groups in total. The van der Waals surface area contributed by atoms with Gasteiger partial charge in [-0.25, -0.2) is 9.56 Å². The van der Waals surface area contributed by atoms with Crippen molar-refractivity contribution in [2.45, 2.75) is 45.0 Å². The predicted octanol–water partition coefficient (Wildman–Crippen LogP) is 3.35. The molecule has 0 aromatic carbocycles. The first-order chi connectivity index (χ1) is 17.1. The molecule has 8 nitrogen and oxygen atoms in total. The van der Waals surface area contributed by atoms with Gasteiger partial charge in [-0.15, -0.1) is 23.1 Å². The van der Waals surface area contributed by atoms with E-state index in [1.165, 1.54) is 16.9 Å². The predicted molar refractivity (Wildman–Crippen MR) is 148 cm³/mol. The van der Waals surface area contributed by atoms with E-state index in [1.54, 1.807) is 17.1 Å². The summed E-state index contributed by atoms with van der Waals surface area (Å²) >= 11 is 3.04. The van der Waals surface area contributed by atoms with Crippen LogP contribution in [0.15, 0.2) is 58.3 Å². The lowest BCUT2D eigenvalue weighted by molar-refractivity contribution is -0.445. The first-order valence-corrected chi connectivity index (χ1v) is 13.8. The summed E-state index contributed by atoms with van der Waals surface area (Å²) in [5.74, 6) is 0.795. The summed E-state index contributed by atoms with van der Waals surface area (Å²) in [6, 6.07) is -0.444. The SMILES string of the molecule is C=C(C)C1=C(C[N+]2=CCCC=C2)CS[C@@H]2[C@H](NC(=C)C(=NCC(C)(C)C=O)c3csc(N)n3)C(=O)N12.